The summed E-state index contributed by atoms with van der Waals surface area (Å²) in [5.74, 6) is 1.41. The van der Waals surface area contributed by atoms with Crippen LogP contribution in [0.15, 0.2) is 18.6 Å². The monoisotopic (exact) mass is 343 g/mol. The molecule has 9 heteroatoms. The molecule has 2 bridgehead atoms. The first-order valence-electron chi connectivity index (χ1n) is 8.54. The minimum atomic E-state index is -0.0534. The maximum absolute atomic E-state index is 12.7. The first-order chi connectivity index (χ1) is 12.2. The quantitative estimate of drug-likeness (QED) is 0.798. The van der Waals surface area contributed by atoms with E-state index in [-0.39, 0.29) is 18.0 Å². The van der Waals surface area contributed by atoms with Crippen LogP contribution in [0.3, 0.4) is 0 Å². The zero-order chi connectivity index (χ0) is 17.4. The van der Waals surface area contributed by atoms with E-state index >= 15 is 0 Å². The van der Waals surface area contributed by atoms with E-state index in [2.05, 4.69) is 25.1 Å². The normalized spacial score (nSPS) is 22.3. The van der Waals surface area contributed by atoms with Crippen molar-refractivity contribution in [3.8, 4) is 5.88 Å². The number of carbonyl (C=O) groups is 1. The van der Waals surface area contributed by atoms with Crippen LogP contribution in [0, 0.1) is 0 Å². The number of likely N-dealkylation sites (tertiary alicyclic amines) is 1. The minimum absolute atomic E-state index is 0.0534. The largest absolute Gasteiger partial charge is 0.478 e. The molecule has 0 spiro atoms. The molecular formula is C16H21N7O2. The predicted octanol–water partition coefficient (Wildman–Crippen LogP) is 0.497. The molecule has 2 aromatic rings. The average Bonchev–Trinajstić information content (AvgIpc) is 3.15. The first-order valence-corrected chi connectivity index (χ1v) is 8.54. The number of fused-ring (bicyclic) bond motifs is 2. The summed E-state index contributed by atoms with van der Waals surface area (Å²) in [5, 5.41) is 8.12. The van der Waals surface area contributed by atoms with Crippen molar-refractivity contribution >= 4 is 11.7 Å². The summed E-state index contributed by atoms with van der Waals surface area (Å²) in [5.41, 5.74) is 0.399. The number of aryl methyl sites for hydroxylation is 1. The molecule has 1 amide bonds. The summed E-state index contributed by atoms with van der Waals surface area (Å²) < 4.78 is 5.49. The molecule has 25 heavy (non-hydrogen) atoms. The molecule has 0 radical (unpaired) electrons. The Morgan fingerprint density at radius 3 is 2.68 bits per heavy atom. The molecule has 0 aromatic carbocycles. The van der Waals surface area contributed by atoms with E-state index in [1.54, 1.807) is 7.05 Å². The van der Waals surface area contributed by atoms with Crippen molar-refractivity contribution in [2.45, 2.75) is 31.8 Å². The number of rotatable bonds is 4. The van der Waals surface area contributed by atoms with Crippen molar-refractivity contribution in [2.75, 3.05) is 24.6 Å². The highest BCUT2D eigenvalue weighted by molar-refractivity contribution is 5.92. The van der Waals surface area contributed by atoms with Crippen LogP contribution in [0.1, 0.15) is 30.3 Å². The van der Waals surface area contributed by atoms with Gasteiger partial charge in [0.15, 0.2) is 5.69 Å². The van der Waals surface area contributed by atoms with Crippen molar-refractivity contribution in [1.82, 2.24) is 29.9 Å². The Morgan fingerprint density at radius 2 is 2.04 bits per heavy atom. The standard InChI is InChI=1S/C16H21N7O2/c1-3-25-15-6-14(17-10-18-15)23-11-4-5-12(23)9-22(8-11)16(24)13-7-19-21(2)20-13/h6-7,10-12H,3-5,8-9H2,1-2H3. The molecule has 132 valence electrons. The fourth-order valence-electron chi connectivity index (χ4n) is 3.75. The molecule has 2 aliphatic rings. The Bertz CT molecular complexity index is 763. The summed E-state index contributed by atoms with van der Waals surface area (Å²) in [6.07, 6.45) is 5.15. The van der Waals surface area contributed by atoms with Gasteiger partial charge in [0.05, 0.1) is 12.8 Å². The summed E-state index contributed by atoms with van der Waals surface area (Å²) in [7, 11) is 1.71. The number of amides is 1. The molecule has 4 rings (SSSR count). The van der Waals surface area contributed by atoms with Gasteiger partial charge in [0.25, 0.3) is 5.91 Å². The summed E-state index contributed by atoms with van der Waals surface area (Å²) >= 11 is 0. The molecule has 4 heterocycles. The van der Waals surface area contributed by atoms with E-state index in [1.807, 2.05) is 17.9 Å². The number of aromatic nitrogens is 5. The molecule has 2 unspecified atom stereocenters. The summed E-state index contributed by atoms with van der Waals surface area (Å²) in [6, 6.07) is 2.39. The van der Waals surface area contributed by atoms with Gasteiger partial charge in [0.1, 0.15) is 12.1 Å². The van der Waals surface area contributed by atoms with E-state index < -0.39 is 0 Å². The zero-order valence-corrected chi connectivity index (χ0v) is 14.4. The van der Waals surface area contributed by atoms with Gasteiger partial charge in [-0.1, -0.05) is 0 Å². The van der Waals surface area contributed by atoms with Gasteiger partial charge in [-0.2, -0.15) is 9.90 Å². The van der Waals surface area contributed by atoms with Crippen LogP contribution >= 0.6 is 0 Å². The molecule has 2 atom stereocenters. The van der Waals surface area contributed by atoms with Gasteiger partial charge in [0, 0.05) is 38.3 Å². The lowest BCUT2D eigenvalue weighted by Gasteiger charge is -2.41. The number of ether oxygens (including phenoxy) is 1. The molecule has 2 fully saturated rings. The fraction of sp³-hybridized carbons (Fsp3) is 0.562. The van der Waals surface area contributed by atoms with Crippen LogP contribution in [0.25, 0.3) is 0 Å². The Balaban J connectivity index is 1.52. The maximum Gasteiger partial charge on any atom is 0.276 e. The Kier molecular flexibility index (Phi) is 3.98. The maximum atomic E-state index is 12.7. The third kappa shape index (κ3) is 2.90. The van der Waals surface area contributed by atoms with E-state index in [0.29, 0.717) is 31.3 Å². The molecule has 2 aliphatic heterocycles. The van der Waals surface area contributed by atoms with Crippen molar-refractivity contribution in [3.63, 3.8) is 0 Å². The second-order valence-electron chi connectivity index (χ2n) is 6.37. The number of hydrogen-bond donors (Lipinski definition) is 0. The van der Waals surface area contributed by atoms with Gasteiger partial charge < -0.3 is 14.5 Å². The molecule has 2 saturated heterocycles. The lowest BCUT2D eigenvalue weighted by Crippen LogP contribution is -2.55. The van der Waals surface area contributed by atoms with Crippen LogP contribution < -0.4 is 9.64 Å². The minimum Gasteiger partial charge on any atom is -0.478 e. The third-order valence-corrected chi connectivity index (χ3v) is 4.77. The molecular weight excluding hydrogens is 322 g/mol. The second-order valence-corrected chi connectivity index (χ2v) is 6.37. The molecule has 0 N–H and O–H groups in total. The third-order valence-electron chi connectivity index (χ3n) is 4.77. The van der Waals surface area contributed by atoms with E-state index in [9.17, 15) is 4.79 Å². The molecule has 0 aliphatic carbocycles. The number of anilines is 1. The van der Waals surface area contributed by atoms with Crippen LogP contribution in [0.2, 0.25) is 0 Å². The topological polar surface area (TPSA) is 89.3 Å². The van der Waals surface area contributed by atoms with Gasteiger partial charge >= 0.3 is 0 Å². The number of hydrogen-bond acceptors (Lipinski definition) is 7. The van der Waals surface area contributed by atoms with Crippen molar-refractivity contribution in [3.05, 3.63) is 24.3 Å². The van der Waals surface area contributed by atoms with Gasteiger partial charge in [0.2, 0.25) is 5.88 Å². The van der Waals surface area contributed by atoms with Crippen LogP contribution in [-0.2, 0) is 7.05 Å². The first kappa shape index (κ1) is 15.8. The van der Waals surface area contributed by atoms with Gasteiger partial charge in [-0.3, -0.25) is 4.79 Å². The summed E-state index contributed by atoms with van der Waals surface area (Å²) in [4.78, 5) is 26.8. The van der Waals surface area contributed by atoms with E-state index in [0.717, 1.165) is 18.7 Å². The Labute approximate surface area is 145 Å². The van der Waals surface area contributed by atoms with Crippen LogP contribution in [-0.4, -0.2) is 67.5 Å². The second kappa shape index (κ2) is 6.30. The zero-order valence-electron chi connectivity index (χ0n) is 14.4. The average molecular weight is 343 g/mol. The van der Waals surface area contributed by atoms with Crippen molar-refractivity contribution in [1.29, 1.82) is 0 Å². The molecule has 9 nitrogen and oxygen atoms in total. The predicted molar refractivity (Wildman–Crippen MR) is 89.4 cm³/mol. The Morgan fingerprint density at radius 1 is 1.28 bits per heavy atom. The lowest BCUT2D eigenvalue weighted by molar-refractivity contribution is 0.0710. The number of piperazine rings is 1. The highest BCUT2D eigenvalue weighted by Crippen LogP contribution is 2.34. The highest BCUT2D eigenvalue weighted by atomic mass is 16.5. The fourth-order valence-corrected chi connectivity index (χ4v) is 3.75. The van der Waals surface area contributed by atoms with Crippen LogP contribution in [0.4, 0.5) is 5.82 Å². The molecule has 2 aromatic heterocycles. The van der Waals surface area contributed by atoms with E-state index in [1.165, 1.54) is 17.3 Å². The number of carbonyl (C=O) groups excluding carboxylic acids is 1. The van der Waals surface area contributed by atoms with Crippen LogP contribution in [0.5, 0.6) is 5.88 Å². The van der Waals surface area contributed by atoms with E-state index in [4.69, 9.17) is 4.74 Å². The number of nitrogens with zero attached hydrogens (tertiary/aromatic N) is 7. The van der Waals surface area contributed by atoms with Gasteiger partial charge in [-0.05, 0) is 19.8 Å². The Hall–Kier alpha value is -2.71. The van der Waals surface area contributed by atoms with Gasteiger partial charge in [-0.15, -0.1) is 5.10 Å². The summed E-state index contributed by atoms with van der Waals surface area (Å²) in [6.45, 7) is 3.84. The smallest absolute Gasteiger partial charge is 0.276 e. The highest BCUT2D eigenvalue weighted by Gasteiger charge is 2.42. The van der Waals surface area contributed by atoms with Crippen molar-refractivity contribution in [2.24, 2.45) is 7.05 Å². The van der Waals surface area contributed by atoms with Gasteiger partial charge in [-0.25, -0.2) is 9.97 Å². The van der Waals surface area contributed by atoms with Crippen molar-refractivity contribution < 1.29 is 9.53 Å². The lowest BCUT2D eigenvalue weighted by atomic mass is 10.1. The SMILES string of the molecule is CCOc1cc(N2C3CCC2CN(C(=O)c2cnn(C)n2)C3)ncn1. The molecule has 0 saturated carbocycles.